The monoisotopic (exact) mass is 512 g/mol. The van der Waals surface area contributed by atoms with Crippen molar-refractivity contribution in [3.63, 3.8) is 0 Å². The second-order valence-electron chi connectivity index (χ2n) is 8.83. The minimum atomic E-state index is -3.24. The normalized spacial score (nSPS) is 11.3. The molecule has 1 heterocycles. The first-order valence-electron chi connectivity index (χ1n) is 12.3. The number of nitrogens with one attached hydrogen (secondary N) is 2. The van der Waals surface area contributed by atoms with Gasteiger partial charge in [0.05, 0.1) is 29.4 Å². The van der Waals surface area contributed by atoms with Gasteiger partial charge in [0, 0.05) is 24.9 Å². The third-order valence-electron chi connectivity index (χ3n) is 5.66. The first-order valence-corrected chi connectivity index (χ1v) is 14.4. The van der Waals surface area contributed by atoms with Gasteiger partial charge in [-0.1, -0.05) is 62.2 Å². The summed E-state index contributed by atoms with van der Waals surface area (Å²) in [4.78, 5) is 16.8. The van der Waals surface area contributed by atoms with E-state index in [1.165, 1.54) is 6.26 Å². The Morgan fingerprint density at radius 1 is 1.03 bits per heavy atom. The quantitative estimate of drug-likeness (QED) is 0.307. The molecule has 0 spiro atoms. The topological polar surface area (TPSA) is 102 Å². The van der Waals surface area contributed by atoms with Gasteiger partial charge in [0.25, 0.3) is 0 Å². The van der Waals surface area contributed by atoms with Gasteiger partial charge in [0.15, 0.2) is 9.84 Å². The van der Waals surface area contributed by atoms with Crippen molar-refractivity contribution in [2.24, 2.45) is 0 Å². The van der Waals surface area contributed by atoms with Crippen LogP contribution in [0.15, 0.2) is 54.6 Å². The largest absolute Gasteiger partial charge is 0.491 e. The number of urea groups is 1. The lowest BCUT2D eigenvalue weighted by molar-refractivity contribution is 0.251. The molecule has 8 nitrogen and oxygen atoms in total. The summed E-state index contributed by atoms with van der Waals surface area (Å²) in [5.41, 5.74) is 2.92. The Labute approximate surface area is 214 Å². The fraction of sp³-hybridized carbons (Fsp3) is 0.407. The van der Waals surface area contributed by atoms with Gasteiger partial charge in [-0.15, -0.1) is 0 Å². The summed E-state index contributed by atoms with van der Waals surface area (Å²) in [5, 5.41) is 5.73. The maximum atomic E-state index is 12.2. The number of para-hydroxylation sites is 2. The summed E-state index contributed by atoms with van der Waals surface area (Å²) in [6.07, 6.45) is 5.03. The molecular weight excluding hydrogens is 476 g/mol. The molecule has 0 saturated carbocycles. The number of nitrogens with zero attached hydrogens (tertiary/aromatic N) is 2. The van der Waals surface area contributed by atoms with E-state index in [-0.39, 0.29) is 11.8 Å². The standard InChI is InChI=1S/C27H36N4O4S/c1-4-5-11-17-28-27(32)30-23-15-9-10-16-25(23)35-19-12-18-31-21(2)29-24(20-36(3,33)34)26(31)22-13-7-6-8-14-22/h6-10,13-16H,4-5,11-12,17-20H2,1-3H3,(H2,28,30,32). The van der Waals surface area contributed by atoms with Crippen molar-refractivity contribution in [3.05, 3.63) is 66.1 Å². The van der Waals surface area contributed by atoms with Crippen LogP contribution >= 0.6 is 0 Å². The third-order valence-corrected chi connectivity index (χ3v) is 6.46. The number of anilines is 1. The van der Waals surface area contributed by atoms with Gasteiger partial charge in [-0.2, -0.15) is 0 Å². The number of ether oxygens (including phenoxy) is 1. The summed E-state index contributed by atoms with van der Waals surface area (Å²) in [7, 11) is -3.24. The Kier molecular flexibility index (Phi) is 9.93. The van der Waals surface area contributed by atoms with Crippen LogP contribution < -0.4 is 15.4 Å². The second kappa shape index (κ2) is 13.1. The number of hydrogen-bond donors (Lipinski definition) is 2. The molecule has 2 aromatic carbocycles. The fourth-order valence-corrected chi connectivity index (χ4v) is 4.71. The molecule has 0 saturated heterocycles. The first kappa shape index (κ1) is 27.3. The predicted octanol–water partition coefficient (Wildman–Crippen LogP) is 5.18. The number of aryl methyl sites for hydroxylation is 1. The molecule has 1 aromatic heterocycles. The second-order valence-corrected chi connectivity index (χ2v) is 11.0. The van der Waals surface area contributed by atoms with Crippen molar-refractivity contribution in [1.29, 1.82) is 0 Å². The molecule has 0 atom stereocenters. The van der Waals surface area contributed by atoms with E-state index in [1.807, 2.05) is 66.1 Å². The van der Waals surface area contributed by atoms with Crippen molar-refractivity contribution >= 4 is 21.6 Å². The number of rotatable bonds is 13. The molecule has 0 fully saturated rings. The molecule has 36 heavy (non-hydrogen) atoms. The molecule has 2 amide bonds. The summed E-state index contributed by atoms with van der Waals surface area (Å²) >= 11 is 0. The average molecular weight is 513 g/mol. The zero-order valence-electron chi connectivity index (χ0n) is 21.3. The smallest absolute Gasteiger partial charge is 0.319 e. The molecule has 2 N–H and O–H groups in total. The number of aromatic nitrogens is 2. The highest BCUT2D eigenvalue weighted by Crippen LogP contribution is 2.28. The molecule has 0 aliphatic carbocycles. The molecule has 9 heteroatoms. The summed E-state index contributed by atoms with van der Waals surface area (Å²) in [6, 6.07) is 16.8. The summed E-state index contributed by atoms with van der Waals surface area (Å²) in [5.74, 6) is 1.25. The predicted molar refractivity (Wildman–Crippen MR) is 144 cm³/mol. The van der Waals surface area contributed by atoms with E-state index in [0.717, 1.165) is 36.3 Å². The molecule has 0 bridgehead atoms. The Bertz CT molecular complexity index is 1240. The highest BCUT2D eigenvalue weighted by atomic mass is 32.2. The molecular formula is C27H36N4O4S. The first-order chi connectivity index (χ1) is 17.3. The molecule has 0 aliphatic rings. The Hall–Kier alpha value is -3.33. The minimum absolute atomic E-state index is 0.110. The number of unbranched alkanes of at least 4 members (excludes halogenated alkanes) is 2. The number of sulfone groups is 1. The molecule has 3 rings (SSSR count). The molecule has 0 radical (unpaired) electrons. The van der Waals surface area contributed by atoms with E-state index in [0.29, 0.717) is 43.2 Å². The van der Waals surface area contributed by atoms with Gasteiger partial charge >= 0.3 is 6.03 Å². The van der Waals surface area contributed by atoms with Crippen LogP contribution in [0.5, 0.6) is 5.75 Å². The van der Waals surface area contributed by atoms with Crippen LogP contribution in [0.1, 0.15) is 44.1 Å². The highest BCUT2D eigenvalue weighted by Gasteiger charge is 2.19. The molecule has 3 aromatic rings. The van der Waals surface area contributed by atoms with Crippen LogP contribution in [0.3, 0.4) is 0 Å². The average Bonchev–Trinajstić information content (AvgIpc) is 3.14. The number of amides is 2. The van der Waals surface area contributed by atoms with Crippen LogP contribution in [-0.4, -0.2) is 43.4 Å². The van der Waals surface area contributed by atoms with Crippen LogP contribution in [0.25, 0.3) is 11.3 Å². The highest BCUT2D eigenvalue weighted by molar-refractivity contribution is 7.89. The van der Waals surface area contributed by atoms with Crippen LogP contribution in [0.4, 0.5) is 10.5 Å². The number of benzene rings is 2. The number of carbonyl (C=O) groups excluding carboxylic acids is 1. The fourth-order valence-electron chi connectivity index (χ4n) is 4.01. The van der Waals surface area contributed by atoms with Gasteiger partial charge < -0.3 is 19.9 Å². The Morgan fingerprint density at radius 3 is 2.47 bits per heavy atom. The van der Waals surface area contributed by atoms with Gasteiger partial charge in [-0.25, -0.2) is 18.2 Å². The van der Waals surface area contributed by atoms with Crippen LogP contribution in [0.2, 0.25) is 0 Å². The number of hydrogen-bond acceptors (Lipinski definition) is 5. The van der Waals surface area contributed by atoms with Gasteiger partial charge in [-0.3, -0.25) is 0 Å². The number of carbonyl (C=O) groups is 1. The van der Waals surface area contributed by atoms with Gasteiger partial charge in [-0.05, 0) is 31.9 Å². The van der Waals surface area contributed by atoms with E-state index in [4.69, 9.17) is 4.74 Å². The molecule has 0 aliphatic heterocycles. The van der Waals surface area contributed by atoms with E-state index in [1.54, 1.807) is 0 Å². The maximum absolute atomic E-state index is 12.2. The van der Waals surface area contributed by atoms with E-state index >= 15 is 0 Å². The summed E-state index contributed by atoms with van der Waals surface area (Å²) < 4.78 is 32.1. The van der Waals surface area contributed by atoms with Crippen LogP contribution in [0, 0.1) is 6.92 Å². The van der Waals surface area contributed by atoms with E-state index in [9.17, 15) is 13.2 Å². The number of imidazole rings is 1. The van der Waals surface area contributed by atoms with Crippen molar-refractivity contribution in [1.82, 2.24) is 14.9 Å². The van der Waals surface area contributed by atoms with Crippen molar-refractivity contribution in [3.8, 4) is 17.0 Å². The van der Waals surface area contributed by atoms with E-state index in [2.05, 4.69) is 22.5 Å². The third kappa shape index (κ3) is 8.12. The molecule has 194 valence electrons. The van der Waals surface area contributed by atoms with Crippen molar-refractivity contribution in [2.45, 2.75) is 51.8 Å². The summed E-state index contributed by atoms with van der Waals surface area (Å²) in [6.45, 7) is 5.68. The Morgan fingerprint density at radius 2 is 1.75 bits per heavy atom. The zero-order valence-corrected chi connectivity index (χ0v) is 22.1. The minimum Gasteiger partial charge on any atom is -0.491 e. The lowest BCUT2D eigenvalue weighted by Gasteiger charge is -2.15. The van der Waals surface area contributed by atoms with Gasteiger partial charge in [0.1, 0.15) is 11.6 Å². The Balaban J connectivity index is 1.65. The lowest BCUT2D eigenvalue weighted by Crippen LogP contribution is -2.29. The van der Waals surface area contributed by atoms with Crippen molar-refractivity contribution < 1.29 is 17.9 Å². The molecule has 0 unspecified atom stereocenters. The van der Waals surface area contributed by atoms with E-state index < -0.39 is 9.84 Å². The lowest BCUT2D eigenvalue weighted by atomic mass is 10.1. The SMILES string of the molecule is CCCCCNC(=O)Nc1ccccc1OCCCn1c(C)nc(CS(C)(=O)=O)c1-c1ccccc1. The zero-order chi connectivity index (χ0) is 26.0. The van der Waals surface area contributed by atoms with Crippen LogP contribution in [-0.2, 0) is 22.1 Å². The van der Waals surface area contributed by atoms with Crippen molar-refractivity contribution in [2.75, 3.05) is 24.7 Å². The van der Waals surface area contributed by atoms with Gasteiger partial charge in [0.2, 0.25) is 0 Å². The maximum Gasteiger partial charge on any atom is 0.319 e.